The highest BCUT2D eigenvalue weighted by atomic mass is 16.5. The standard InChI is InChI=1S/C19H20N2O4/c1-19(2)11-25-16-9-6-13(10-15(16)21-18(19)23)20-17(22)12-4-7-14(24-3)8-5-12/h4-10H,11H2,1-3H3,(H,20,22)(H,21,23). The van der Waals surface area contributed by atoms with Crippen LogP contribution in [0.1, 0.15) is 24.2 Å². The fraction of sp³-hybridized carbons (Fsp3) is 0.263. The number of fused-ring (bicyclic) bond motifs is 1. The Bertz CT molecular complexity index is 813. The Labute approximate surface area is 146 Å². The van der Waals surface area contributed by atoms with Gasteiger partial charge in [-0.3, -0.25) is 9.59 Å². The summed E-state index contributed by atoms with van der Waals surface area (Å²) in [5.74, 6) is 0.902. The number of methoxy groups -OCH3 is 1. The fourth-order valence-electron chi connectivity index (χ4n) is 2.39. The number of ether oxygens (including phenoxy) is 2. The molecule has 130 valence electrons. The van der Waals surface area contributed by atoms with Gasteiger partial charge in [0.2, 0.25) is 5.91 Å². The third-order valence-corrected chi connectivity index (χ3v) is 4.04. The first-order chi connectivity index (χ1) is 11.9. The minimum Gasteiger partial charge on any atom is -0.497 e. The van der Waals surface area contributed by atoms with Gasteiger partial charge in [0.15, 0.2) is 0 Å². The molecule has 1 aliphatic rings. The molecule has 0 atom stereocenters. The number of carbonyl (C=O) groups excluding carboxylic acids is 2. The SMILES string of the molecule is COc1ccc(C(=O)Nc2ccc3c(c2)NC(=O)C(C)(C)CO3)cc1. The lowest BCUT2D eigenvalue weighted by atomic mass is 9.94. The summed E-state index contributed by atoms with van der Waals surface area (Å²) in [5, 5.41) is 5.66. The molecule has 2 N–H and O–H groups in total. The highest BCUT2D eigenvalue weighted by molar-refractivity contribution is 6.05. The smallest absolute Gasteiger partial charge is 0.255 e. The average Bonchev–Trinajstić information content (AvgIpc) is 2.71. The van der Waals surface area contributed by atoms with Crippen molar-refractivity contribution in [3.8, 4) is 11.5 Å². The summed E-state index contributed by atoms with van der Waals surface area (Å²) in [7, 11) is 1.57. The molecule has 6 nitrogen and oxygen atoms in total. The first-order valence-corrected chi connectivity index (χ1v) is 7.93. The molecule has 0 aliphatic carbocycles. The molecule has 0 radical (unpaired) electrons. The molecule has 1 aliphatic heterocycles. The van der Waals surface area contributed by atoms with Gasteiger partial charge in [0.25, 0.3) is 5.91 Å². The predicted molar refractivity (Wildman–Crippen MR) is 95.3 cm³/mol. The first-order valence-electron chi connectivity index (χ1n) is 7.93. The lowest BCUT2D eigenvalue weighted by Gasteiger charge is -2.18. The highest BCUT2D eigenvalue weighted by Crippen LogP contribution is 2.34. The maximum atomic E-state index is 12.3. The van der Waals surface area contributed by atoms with Gasteiger partial charge in [0, 0.05) is 11.3 Å². The van der Waals surface area contributed by atoms with Crippen molar-refractivity contribution in [2.75, 3.05) is 24.4 Å². The normalized spacial score (nSPS) is 15.2. The van der Waals surface area contributed by atoms with E-state index in [0.29, 0.717) is 35.0 Å². The molecule has 1 heterocycles. The van der Waals surface area contributed by atoms with Crippen LogP contribution in [0.3, 0.4) is 0 Å². The zero-order valence-electron chi connectivity index (χ0n) is 14.4. The third kappa shape index (κ3) is 3.57. The summed E-state index contributed by atoms with van der Waals surface area (Å²) in [6, 6.07) is 12.0. The summed E-state index contributed by atoms with van der Waals surface area (Å²) in [6.07, 6.45) is 0. The number of anilines is 2. The largest absolute Gasteiger partial charge is 0.497 e. The molecule has 0 unspecified atom stereocenters. The van der Waals surface area contributed by atoms with E-state index in [-0.39, 0.29) is 11.8 Å². The second-order valence-corrected chi connectivity index (χ2v) is 6.52. The van der Waals surface area contributed by atoms with Gasteiger partial charge < -0.3 is 20.1 Å². The van der Waals surface area contributed by atoms with E-state index in [2.05, 4.69) is 10.6 Å². The van der Waals surface area contributed by atoms with Crippen molar-refractivity contribution in [1.29, 1.82) is 0 Å². The van der Waals surface area contributed by atoms with Crippen molar-refractivity contribution in [1.82, 2.24) is 0 Å². The highest BCUT2D eigenvalue weighted by Gasteiger charge is 2.32. The second-order valence-electron chi connectivity index (χ2n) is 6.52. The van der Waals surface area contributed by atoms with Gasteiger partial charge in [-0.2, -0.15) is 0 Å². The van der Waals surface area contributed by atoms with E-state index in [9.17, 15) is 9.59 Å². The number of rotatable bonds is 3. The zero-order chi connectivity index (χ0) is 18.0. The molecule has 2 aromatic carbocycles. The van der Waals surface area contributed by atoms with E-state index >= 15 is 0 Å². The van der Waals surface area contributed by atoms with Crippen LogP contribution in [0.4, 0.5) is 11.4 Å². The molecule has 0 spiro atoms. The van der Waals surface area contributed by atoms with Crippen molar-refractivity contribution < 1.29 is 19.1 Å². The molecular weight excluding hydrogens is 320 g/mol. The summed E-state index contributed by atoms with van der Waals surface area (Å²) >= 11 is 0. The molecule has 0 saturated heterocycles. The van der Waals surface area contributed by atoms with Gasteiger partial charge >= 0.3 is 0 Å². The van der Waals surface area contributed by atoms with Gasteiger partial charge in [0.05, 0.1) is 18.2 Å². The van der Waals surface area contributed by atoms with Gasteiger partial charge in [-0.1, -0.05) is 0 Å². The van der Waals surface area contributed by atoms with Crippen LogP contribution < -0.4 is 20.1 Å². The van der Waals surface area contributed by atoms with E-state index < -0.39 is 5.41 Å². The Morgan fingerprint density at radius 3 is 2.60 bits per heavy atom. The molecule has 6 heteroatoms. The Hall–Kier alpha value is -3.02. The summed E-state index contributed by atoms with van der Waals surface area (Å²) in [4.78, 5) is 24.6. The molecule has 0 fully saturated rings. The summed E-state index contributed by atoms with van der Waals surface area (Å²) in [5.41, 5.74) is 1.01. The topological polar surface area (TPSA) is 76.7 Å². The van der Waals surface area contributed by atoms with Crippen LogP contribution in [0, 0.1) is 5.41 Å². The Morgan fingerprint density at radius 2 is 1.92 bits per heavy atom. The maximum absolute atomic E-state index is 12.3. The number of amides is 2. The monoisotopic (exact) mass is 340 g/mol. The molecule has 0 bridgehead atoms. The lowest BCUT2D eigenvalue weighted by molar-refractivity contribution is -0.124. The number of carbonyl (C=O) groups is 2. The van der Waals surface area contributed by atoms with E-state index in [1.165, 1.54) is 0 Å². The molecule has 0 aromatic heterocycles. The van der Waals surface area contributed by atoms with E-state index in [4.69, 9.17) is 9.47 Å². The second kappa shape index (κ2) is 6.47. The van der Waals surface area contributed by atoms with Crippen LogP contribution in [-0.4, -0.2) is 25.5 Å². The van der Waals surface area contributed by atoms with Crippen LogP contribution >= 0.6 is 0 Å². The molecule has 25 heavy (non-hydrogen) atoms. The first kappa shape index (κ1) is 16.8. The number of hydrogen-bond acceptors (Lipinski definition) is 4. The van der Waals surface area contributed by atoms with Crippen LogP contribution in [0.15, 0.2) is 42.5 Å². The quantitative estimate of drug-likeness (QED) is 0.899. The Balaban J connectivity index is 1.78. The van der Waals surface area contributed by atoms with Crippen LogP contribution in [-0.2, 0) is 4.79 Å². The van der Waals surface area contributed by atoms with Crippen molar-refractivity contribution in [3.63, 3.8) is 0 Å². The maximum Gasteiger partial charge on any atom is 0.255 e. The van der Waals surface area contributed by atoms with Crippen molar-refractivity contribution >= 4 is 23.2 Å². The van der Waals surface area contributed by atoms with Crippen molar-refractivity contribution in [2.45, 2.75) is 13.8 Å². The van der Waals surface area contributed by atoms with Crippen LogP contribution in [0.25, 0.3) is 0 Å². The van der Waals surface area contributed by atoms with E-state index in [1.54, 1.807) is 49.6 Å². The van der Waals surface area contributed by atoms with E-state index in [1.807, 2.05) is 13.8 Å². The molecule has 2 aromatic rings. The van der Waals surface area contributed by atoms with Crippen molar-refractivity contribution in [3.05, 3.63) is 48.0 Å². The molecule has 2 amide bonds. The average molecular weight is 340 g/mol. The van der Waals surface area contributed by atoms with Crippen LogP contribution in [0.2, 0.25) is 0 Å². The fourth-order valence-corrected chi connectivity index (χ4v) is 2.39. The number of hydrogen-bond donors (Lipinski definition) is 2. The zero-order valence-corrected chi connectivity index (χ0v) is 14.4. The molecular formula is C19H20N2O4. The number of benzene rings is 2. The third-order valence-electron chi connectivity index (χ3n) is 4.04. The Kier molecular flexibility index (Phi) is 4.35. The van der Waals surface area contributed by atoms with Gasteiger partial charge in [-0.15, -0.1) is 0 Å². The number of nitrogens with one attached hydrogen (secondary N) is 2. The van der Waals surface area contributed by atoms with Crippen LogP contribution in [0.5, 0.6) is 11.5 Å². The predicted octanol–water partition coefficient (Wildman–Crippen LogP) is 3.30. The van der Waals surface area contributed by atoms with Crippen molar-refractivity contribution in [2.24, 2.45) is 5.41 Å². The van der Waals surface area contributed by atoms with E-state index in [0.717, 1.165) is 0 Å². The van der Waals surface area contributed by atoms with Gasteiger partial charge in [0.1, 0.15) is 18.1 Å². The van der Waals surface area contributed by atoms with Gasteiger partial charge in [-0.25, -0.2) is 0 Å². The van der Waals surface area contributed by atoms with Gasteiger partial charge in [-0.05, 0) is 56.3 Å². The molecule has 0 saturated carbocycles. The Morgan fingerprint density at radius 1 is 1.20 bits per heavy atom. The molecule has 3 rings (SSSR count). The summed E-state index contributed by atoms with van der Waals surface area (Å²) < 4.78 is 10.8. The minimum absolute atomic E-state index is 0.120. The lowest BCUT2D eigenvalue weighted by Crippen LogP contribution is -2.33. The summed E-state index contributed by atoms with van der Waals surface area (Å²) in [6.45, 7) is 3.94. The minimum atomic E-state index is -0.620.